The van der Waals surface area contributed by atoms with Gasteiger partial charge >= 0.3 is 0 Å². The number of rotatable bonds is 6. The summed E-state index contributed by atoms with van der Waals surface area (Å²) in [5, 5.41) is 4.24. The predicted molar refractivity (Wildman–Crippen MR) is 115 cm³/mol. The Kier molecular flexibility index (Phi) is 5.30. The number of benzene rings is 1. The van der Waals surface area contributed by atoms with Gasteiger partial charge in [-0.25, -0.2) is 0 Å². The first kappa shape index (κ1) is 18.5. The molecule has 6 heteroatoms. The highest BCUT2D eigenvalue weighted by atomic mass is 32.1. The van der Waals surface area contributed by atoms with E-state index in [0.29, 0.717) is 6.61 Å². The fourth-order valence-electron chi connectivity index (χ4n) is 3.81. The fraction of sp³-hybridized carbons (Fsp3) is 0.273. The molecule has 0 spiro atoms. The van der Waals surface area contributed by atoms with E-state index in [4.69, 9.17) is 17.0 Å². The fourth-order valence-corrected chi connectivity index (χ4v) is 4.18. The average molecular weight is 393 g/mol. The molecule has 0 bridgehead atoms. The van der Waals surface area contributed by atoms with Crippen molar-refractivity contribution in [1.29, 1.82) is 0 Å². The summed E-state index contributed by atoms with van der Waals surface area (Å²) in [5.74, 6) is 0.880. The molecule has 2 atom stereocenters. The van der Waals surface area contributed by atoms with Crippen molar-refractivity contribution in [3.8, 4) is 11.4 Å². The zero-order chi connectivity index (χ0) is 19.5. The maximum absolute atomic E-state index is 5.64. The van der Waals surface area contributed by atoms with Gasteiger partial charge in [-0.2, -0.15) is 0 Å². The van der Waals surface area contributed by atoms with Crippen molar-refractivity contribution in [3.05, 3.63) is 78.4 Å². The Balaban J connectivity index is 1.74. The van der Waals surface area contributed by atoms with Crippen molar-refractivity contribution in [2.45, 2.75) is 25.9 Å². The largest absolute Gasteiger partial charge is 0.494 e. The molecule has 2 aromatic heterocycles. The molecule has 4 rings (SSSR count). The second-order valence-electron chi connectivity index (χ2n) is 6.64. The molecule has 3 aromatic rings. The second kappa shape index (κ2) is 8.02. The Morgan fingerprint density at radius 1 is 1.07 bits per heavy atom. The van der Waals surface area contributed by atoms with Crippen LogP contribution in [0, 0.1) is 0 Å². The molecule has 1 N–H and O–H groups in total. The Labute approximate surface area is 171 Å². The monoisotopic (exact) mass is 392 g/mol. The number of thiocarbonyl (C=S) groups is 1. The summed E-state index contributed by atoms with van der Waals surface area (Å²) in [7, 11) is 0. The van der Waals surface area contributed by atoms with E-state index < -0.39 is 0 Å². The van der Waals surface area contributed by atoms with Crippen LogP contribution in [0.3, 0.4) is 0 Å². The van der Waals surface area contributed by atoms with E-state index >= 15 is 0 Å². The lowest BCUT2D eigenvalue weighted by molar-refractivity contribution is 0.321. The number of likely N-dealkylation sites (N-methyl/N-ethyl adjacent to an activating group) is 1. The molecule has 1 fully saturated rings. The van der Waals surface area contributed by atoms with Crippen LogP contribution >= 0.6 is 12.2 Å². The molecule has 5 nitrogen and oxygen atoms in total. The van der Waals surface area contributed by atoms with Crippen LogP contribution in [0.5, 0.6) is 5.75 Å². The average Bonchev–Trinajstić information content (AvgIpc) is 3.33. The third-order valence-electron chi connectivity index (χ3n) is 5.05. The van der Waals surface area contributed by atoms with Gasteiger partial charge in [-0.15, -0.1) is 0 Å². The summed E-state index contributed by atoms with van der Waals surface area (Å²) < 4.78 is 7.80. The van der Waals surface area contributed by atoms with Gasteiger partial charge in [0.05, 0.1) is 24.4 Å². The van der Waals surface area contributed by atoms with Crippen LogP contribution in [0.4, 0.5) is 0 Å². The Hall–Kier alpha value is -2.86. The number of pyridine rings is 1. The molecule has 0 amide bonds. The minimum atomic E-state index is 0.00463. The summed E-state index contributed by atoms with van der Waals surface area (Å²) in [5.41, 5.74) is 3.26. The number of nitrogens with one attached hydrogen (secondary N) is 1. The number of aromatic nitrogens is 2. The molecule has 0 radical (unpaired) electrons. The molecule has 1 saturated heterocycles. The molecule has 3 heterocycles. The second-order valence-corrected chi connectivity index (χ2v) is 7.03. The molecule has 0 unspecified atom stereocenters. The molecule has 0 saturated carbocycles. The smallest absolute Gasteiger partial charge is 0.170 e. The van der Waals surface area contributed by atoms with Crippen molar-refractivity contribution in [1.82, 2.24) is 19.8 Å². The molecule has 1 aromatic carbocycles. The lowest BCUT2D eigenvalue weighted by Gasteiger charge is -2.28. The molecular formula is C22H24N4OS. The summed E-state index contributed by atoms with van der Waals surface area (Å²) in [6.45, 7) is 5.61. The first-order valence-electron chi connectivity index (χ1n) is 9.61. The molecule has 1 aliphatic rings. The lowest BCUT2D eigenvalue weighted by atomic mass is 10.0. The quantitative estimate of drug-likeness (QED) is 0.635. The van der Waals surface area contributed by atoms with Crippen molar-refractivity contribution < 1.29 is 4.74 Å². The van der Waals surface area contributed by atoms with E-state index in [0.717, 1.165) is 28.8 Å². The maximum Gasteiger partial charge on any atom is 0.170 e. The Morgan fingerprint density at radius 2 is 1.89 bits per heavy atom. The third-order valence-corrected chi connectivity index (χ3v) is 5.40. The third kappa shape index (κ3) is 3.36. The zero-order valence-corrected chi connectivity index (χ0v) is 16.9. The summed E-state index contributed by atoms with van der Waals surface area (Å²) >= 11 is 5.64. The highest BCUT2D eigenvalue weighted by Crippen LogP contribution is 2.39. The van der Waals surface area contributed by atoms with E-state index in [1.165, 1.54) is 5.69 Å². The van der Waals surface area contributed by atoms with Gasteiger partial charge in [-0.3, -0.25) is 4.98 Å². The highest BCUT2D eigenvalue weighted by Gasteiger charge is 2.40. The molecule has 144 valence electrons. The predicted octanol–water partition coefficient (Wildman–Crippen LogP) is 4.26. The standard InChI is InChI=1S/C22H24N4OS/c1-3-25-21(20(24-22(25)28)18-8-5-6-14-23-18)19-9-7-15-26(19)16-10-12-17(13-11-16)27-4-2/h5-15,20-21H,3-4H2,1-2H3,(H,24,28)/t20-,21-/m1/s1. The summed E-state index contributed by atoms with van der Waals surface area (Å²) in [6, 6.07) is 18.5. The van der Waals surface area contributed by atoms with Crippen molar-refractivity contribution >= 4 is 17.3 Å². The van der Waals surface area contributed by atoms with Gasteiger partial charge in [-0.05, 0) is 74.6 Å². The Bertz CT molecular complexity index is 939. The van der Waals surface area contributed by atoms with Crippen LogP contribution in [-0.2, 0) is 0 Å². The zero-order valence-electron chi connectivity index (χ0n) is 16.1. The normalized spacial score (nSPS) is 18.9. The van der Waals surface area contributed by atoms with Gasteiger partial charge < -0.3 is 19.5 Å². The summed E-state index contributed by atoms with van der Waals surface area (Å²) in [4.78, 5) is 6.82. The molecule has 1 aliphatic heterocycles. The van der Waals surface area contributed by atoms with Crippen molar-refractivity contribution in [3.63, 3.8) is 0 Å². The minimum Gasteiger partial charge on any atom is -0.494 e. The maximum atomic E-state index is 5.64. The van der Waals surface area contributed by atoms with Crippen LogP contribution in [0.2, 0.25) is 0 Å². The van der Waals surface area contributed by atoms with E-state index in [2.05, 4.69) is 63.2 Å². The minimum absolute atomic E-state index is 0.00463. The van der Waals surface area contributed by atoms with E-state index in [1.807, 2.05) is 37.4 Å². The molecule has 0 aliphatic carbocycles. The first-order valence-corrected chi connectivity index (χ1v) is 10.0. The van der Waals surface area contributed by atoms with Crippen molar-refractivity contribution in [2.24, 2.45) is 0 Å². The first-order chi connectivity index (χ1) is 13.7. The Morgan fingerprint density at radius 3 is 2.57 bits per heavy atom. The van der Waals surface area contributed by atoms with Crippen LogP contribution in [0.1, 0.15) is 37.3 Å². The number of nitrogens with zero attached hydrogens (tertiary/aromatic N) is 3. The van der Waals surface area contributed by atoms with Crippen LogP contribution in [0.25, 0.3) is 5.69 Å². The van der Waals surface area contributed by atoms with Gasteiger partial charge in [-0.1, -0.05) is 6.07 Å². The molecular weight excluding hydrogens is 368 g/mol. The van der Waals surface area contributed by atoms with Gasteiger partial charge in [0.25, 0.3) is 0 Å². The van der Waals surface area contributed by atoms with E-state index in [9.17, 15) is 0 Å². The van der Waals surface area contributed by atoms with E-state index in [-0.39, 0.29) is 12.1 Å². The van der Waals surface area contributed by atoms with Crippen LogP contribution < -0.4 is 10.1 Å². The van der Waals surface area contributed by atoms with E-state index in [1.54, 1.807) is 0 Å². The highest BCUT2D eigenvalue weighted by molar-refractivity contribution is 7.80. The van der Waals surface area contributed by atoms with Crippen molar-refractivity contribution in [2.75, 3.05) is 13.2 Å². The SMILES string of the molecule is CCOc1ccc(-n2cccc2[C@@H]2[C@@H](c3ccccn3)NC(=S)N2CC)cc1. The number of hydrogen-bond acceptors (Lipinski definition) is 3. The molecule has 28 heavy (non-hydrogen) atoms. The topological polar surface area (TPSA) is 42.3 Å². The van der Waals surface area contributed by atoms with Gasteiger partial charge in [0.2, 0.25) is 0 Å². The lowest BCUT2D eigenvalue weighted by Crippen LogP contribution is -2.30. The van der Waals surface area contributed by atoms with Gasteiger partial charge in [0.1, 0.15) is 5.75 Å². The summed E-state index contributed by atoms with van der Waals surface area (Å²) in [6.07, 6.45) is 3.92. The number of hydrogen-bond donors (Lipinski definition) is 1. The van der Waals surface area contributed by atoms with Crippen LogP contribution in [0.15, 0.2) is 67.0 Å². The number of ether oxygens (including phenoxy) is 1. The van der Waals surface area contributed by atoms with Crippen LogP contribution in [-0.4, -0.2) is 32.7 Å². The van der Waals surface area contributed by atoms with Gasteiger partial charge in [0.15, 0.2) is 5.11 Å². The van der Waals surface area contributed by atoms with Gasteiger partial charge in [0, 0.05) is 30.3 Å².